The van der Waals surface area contributed by atoms with Crippen molar-refractivity contribution in [3.05, 3.63) is 41.1 Å². The zero-order valence-corrected chi connectivity index (χ0v) is 11.2. The van der Waals surface area contributed by atoms with Crippen molar-refractivity contribution in [1.82, 2.24) is 10.5 Å². The van der Waals surface area contributed by atoms with E-state index in [0.717, 1.165) is 35.9 Å². The normalized spacial score (nSPS) is 10.7. The van der Waals surface area contributed by atoms with Crippen molar-refractivity contribution in [1.29, 1.82) is 0 Å². The van der Waals surface area contributed by atoms with Gasteiger partial charge in [0.25, 0.3) is 5.91 Å². The summed E-state index contributed by atoms with van der Waals surface area (Å²) < 4.78 is 0. The number of rotatable bonds is 4. The van der Waals surface area contributed by atoms with Crippen LogP contribution in [0.1, 0.15) is 41.4 Å². The van der Waals surface area contributed by atoms with Crippen LogP contribution in [0.15, 0.2) is 24.3 Å². The second kappa shape index (κ2) is 5.80. The van der Waals surface area contributed by atoms with Gasteiger partial charge in [0.1, 0.15) is 0 Å². The lowest BCUT2D eigenvalue weighted by Crippen LogP contribution is -2.19. The van der Waals surface area contributed by atoms with Crippen LogP contribution in [0.3, 0.4) is 0 Å². The predicted octanol–water partition coefficient (Wildman–Crippen LogP) is 3.00. The number of benzene rings is 1. The minimum Gasteiger partial charge on any atom is -0.288 e. The lowest BCUT2D eigenvalue weighted by atomic mass is 10.0. The maximum absolute atomic E-state index is 11.7. The van der Waals surface area contributed by atoms with Crippen LogP contribution in [0.5, 0.6) is 0 Å². The number of aryl methyl sites for hydroxylation is 2. The molecule has 4 heteroatoms. The third-order valence-corrected chi connectivity index (χ3v) is 3.17. The van der Waals surface area contributed by atoms with Gasteiger partial charge in [-0.1, -0.05) is 19.4 Å². The van der Waals surface area contributed by atoms with E-state index in [0.29, 0.717) is 5.56 Å². The first-order valence-electron chi connectivity index (χ1n) is 6.50. The molecule has 0 saturated carbocycles. The van der Waals surface area contributed by atoms with E-state index in [9.17, 15) is 4.79 Å². The number of hydroxylamine groups is 1. The molecule has 0 bridgehead atoms. The molecule has 2 aromatic rings. The number of carbonyl (C=O) groups is 1. The Morgan fingerprint density at radius 2 is 2.16 bits per heavy atom. The third-order valence-electron chi connectivity index (χ3n) is 3.17. The Labute approximate surface area is 112 Å². The van der Waals surface area contributed by atoms with Crippen LogP contribution in [0.2, 0.25) is 0 Å². The summed E-state index contributed by atoms with van der Waals surface area (Å²) >= 11 is 0. The van der Waals surface area contributed by atoms with Gasteiger partial charge in [-0.2, -0.15) is 0 Å². The standard InChI is InChI=1S/C15H18N2O2/c1-3-4-5-11-6-7-14-12(9-11)13(15(18)17-19)8-10(2)16-14/h6-9,19H,3-5H2,1-2H3,(H,17,18). The molecule has 0 aliphatic heterocycles. The monoisotopic (exact) mass is 258 g/mol. The summed E-state index contributed by atoms with van der Waals surface area (Å²) in [5.74, 6) is -0.497. The minimum absolute atomic E-state index is 0.461. The number of fused-ring (bicyclic) bond motifs is 1. The zero-order valence-electron chi connectivity index (χ0n) is 11.2. The van der Waals surface area contributed by atoms with Crippen molar-refractivity contribution in [3.63, 3.8) is 0 Å². The second-order valence-corrected chi connectivity index (χ2v) is 4.71. The molecule has 1 amide bonds. The number of unbranched alkanes of at least 4 members (excludes halogenated alkanes) is 1. The molecular formula is C15H18N2O2. The fourth-order valence-corrected chi connectivity index (χ4v) is 2.19. The first-order valence-corrected chi connectivity index (χ1v) is 6.50. The van der Waals surface area contributed by atoms with Crippen LogP contribution < -0.4 is 5.48 Å². The molecule has 0 radical (unpaired) electrons. The molecule has 0 atom stereocenters. The Morgan fingerprint density at radius 1 is 1.37 bits per heavy atom. The van der Waals surface area contributed by atoms with E-state index in [1.165, 1.54) is 5.56 Å². The molecule has 1 heterocycles. The molecule has 0 spiro atoms. The van der Waals surface area contributed by atoms with Gasteiger partial charge < -0.3 is 0 Å². The highest BCUT2D eigenvalue weighted by molar-refractivity contribution is 6.05. The summed E-state index contributed by atoms with van der Waals surface area (Å²) in [4.78, 5) is 16.1. The molecule has 4 nitrogen and oxygen atoms in total. The van der Waals surface area contributed by atoms with Crippen molar-refractivity contribution in [2.75, 3.05) is 0 Å². The van der Waals surface area contributed by atoms with E-state index in [1.54, 1.807) is 11.5 Å². The second-order valence-electron chi connectivity index (χ2n) is 4.71. The SMILES string of the molecule is CCCCc1ccc2nc(C)cc(C(=O)NO)c2c1. The summed E-state index contributed by atoms with van der Waals surface area (Å²) in [5, 5.41) is 9.61. The van der Waals surface area contributed by atoms with E-state index in [-0.39, 0.29) is 0 Å². The van der Waals surface area contributed by atoms with Crippen molar-refractivity contribution >= 4 is 16.8 Å². The van der Waals surface area contributed by atoms with Crippen LogP contribution in [0.4, 0.5) is 0 Å². The van der Waals surface area contributed by atoms with Crippen molar-refractivity contribution < 1.29 is 10.0 Å². The Balaban J connectivity index is 2.55. The molecule has 19 heavy (non-hydrogen) atoms. The lowest BCUT2D eigenvalue weighted by molar-refractivity contribution is 0.0708. The Hall–Kier alpha value is -1.94. The van der Waals surface area contributed by atoms with Gasteiger partial charge in [0, 0.05) is 11.1 Å². The number of amides is 1. The molecule has 100 valence electrons. The van der Waals surface area contributed by atoms with E-state index in [4.69, 9.17) is 5.21 Å². The van der Waals surface area contributed by atoms with E-state index in [1.807, 2.05) is 25.1 Å². The van der Waals surface area contributed by atoms with Gasteiger partial charge in [0.2, 0.25) is 0 Å². The van der Waals surface area contributed by atoms with Gasteiger partial charge in [-0.05, 0) is 43.5 Å². The maximum Gasteiger partial charge on any atom is 0.275 e. The molecule has 2 rings (SSSR count). The summed E-state index contributed by atoms with van der Waals surface area (Å²) in [6.07, 6.45) is 3.24. The predicted molar refractivity (Wildman–Crippen MR) is 74.3 cm³/mol. The van der Waals surface area contributed by atoms with Crippen LogP contribution in [-0.2, 0) is 6.42 Å². The van der Waals surface area contributed by atoms with E-state index < -0.39 is 5.91 Å². The molecule has 1 aromatic carbocycles. The smallest absolute Gasteiger partial charge is 0.275 e. The average Bonchev–Trinajstić information content (AvgIpc) is 2.43. The molecule has 2 N–H and O–H groups in total. The third kappa shape index (κ3) is 2.90. The molecule has 0 aliphatic rings. The molecule has 0 aliphatic carbocycles. The summed E-state index contributed by atoms with van der Waals surface area (Å²) in [6.45, 7) is 3.98. The fourth-order valence-electron chi connectivity index (χ4n) is 2.19. The quantitative estimate of drug-likeness (QED) is 0.654. The molecule has 0 saturated heterocycles. The summed E-state index contributed by atoms with van der Waals surface area (Å²) in [5.41, 5.74) is 4.88. The largest absolute Gasteiger partial charge is 0.288 e. The first-order chi connectivity index (χ1) is 9.15. The van der Waals surface area contributed by atoms with E-state index in [2.05, 4.69) is 11.9 Å². The summed E-state index contributed by atoms with van der Waals surface area (Å²) in [7, 11) is 0. The van der Waals surface area contributed by atoms with Crippen LogP contribution >= 0.6 is 0 Å². The number of pyridine rings is 1. The minimum atomic E-state index is -0.497. The highest BCUT2D eigenvalue weighted by atomic mass is 16.5. The number of nitrogens with one attached hydrogen (secondary N) is 1. The molecule has 1 aromatic heterocycles. The number of nitrogens with zero attached hydrogens (tertiary/aromatic N) is 1. The van der Waals surface area contributed by atoms with Gasteiger partial charge in [-0.25, -0.2) is 5.48 Å². The highest BCUT2D eigenvalue weighted by Gasteiger charge is 2.11. The highest BCUT2D eigenvalue weighted by Crippen LogP contribution is 2.21. The van der Waals surface area contributed by atoms with Gasteiger partial charge in [0.05, 0.1) is 11.1 Å². The van der Waals surface area contributed by atoms with Crippen LogP contribution in [-0.4, -0.2) is 16.1 Å². The number of hydrogen-bond acceptors (Lipinski definition) is 3. The lowest BCUT2D eigenvalue weighted by Gasteiger charge is -2.08. The first kappa shape index (κ1) is 13.5. The van der Waals surface area contributed by atoms with E-state index >= 15 is 0 Å². The topological polar surface area (TPSA) is 62.2 Å². The number of carbonyl (C=O) groups excluding carboxylic acids is 1. The summed E-state index contributed by atoms with van der Waals surface area (Å²) in [6, 6.07) is 7.66. The van der Waals surface area contributed by atoms with Gasteiger partial charge >= 0.3 is 0 Å². The fraction of sp³-hybridized carbons (Fsp3) is 0.333. The van der Waals surface area contributed by atoms with Crippen molar-refractivity contribution in [3.8, 4) is 0 Å². The molecule has 0 fully saturated rings. The maximum atomic E-state index is 11.7. The van der Waals surface area contributed by atoms with Gasteiger partial charge in [-0.3, -0.25) is 15.0 Å². The van der Waals surface area contributed by atoms with Crippen molar-refractivity contribution in [2.45, 2.75) is 33.1 Å². The van der Waals surface area contributed by atoms with Gasteiger partial charge in [0.15, 0.2) is 0 Å². The Morgan fingerprint density at radius 3 is 2.84 bits per heavy atom. The number of hydrogen-bond donors (Lipinski definition) is 2. The Kier molecular flexibility index (Phi) is 4.12. The van der Waals surface area contributed by atoms with Crippen LogP contribution in [0, 0.1) is 6.92 Å². The number of aromatic nitrogens is 1. The zero-order chi connectivity index (χ0) is 13.8. The van der Waals surface area contributed by atoms with Gasteiger partial charge in [-0.15, -0.1) is 0 Å². The molecule has 0 unspecified atom stereocenters. The Bertz CT molecular complexity index is 608. The average molecular weight is 258 g/mol. The molecular weight excluding hydrogens is 240 g/mol. The van der Waals surface area contributed by atoms with Crippen LogP contribution in [0.25, 0.3) is 10.9 Å². The van der Waals surface area contributed by atoms with Crippen molar-refractivity contribution in [2.24, 2.45) is 0 Å².